The molecule has 2 heterocycles. The number of carboxylic acids is 1. The lowest BCUT2D eigenvalue weighted by Gasteiger charge is -2.33. The number of anilines is 1. The van der Waals surface area contributed by atoms with Crippen molar-refractivity contribution in [3.8, 4) is 0 Å². The minimum Gasteiger partial charge on any atom is -0.481 e. The van der Waals surface area contributed by atoms with Gasteiger partial charge < -0.3 is 14.9 Å². The van der Waals surface area contributed by atoms with Crippen LogP contribution in [0.1, 0.15) is 36.0 Å². The number of nitrogens with zero attached hydrogens (tertiary/aromatic N) is 2. The van der Waals surface area contributed by atoms with E-state index < -0.39 is 5.97 Å². The van der Waals surface area contributed by atoms with Crippen LogP contribution in [-0.4, -0.2) is 42.2 Å². The van der Waals surface area contributed by atoms with Crippen molar-refractivity contribution in [2.45, 2.75) is 38.6 Å². The van der Waals surface area contributed by atoms with Crippen LogP contribution in [0, 0.1) is 5.92 Å². The monoisotopic (exact) mass is 450 g/mol. The molecule has 0 amide bonds. The van der Waals surface area contributed by atoms with Crippen LogP contribution in [-0.2, 0) is 24.2 Å². The number of halogens is 2. The number of fused-ring (bicyclic) bond motifs is 2. The van der Waals surface area contributed by atoms with E-state index >= 15 is 0 Å². The van der Waals surface area contributed by atoms with Gasteiger partial charge in [0.2, 0.25) is 0 Å². The minimum atomic E-state index is -0.640. The van der Waals surface area contributed by atoms with Crippen LogP contribution in [0.3, 0.4) is 0 Å². The Bertz CT molecular complexity index is 830. The summed E-state index contributed by atoms with van der Waals surface area (Å²) in [5.41, 5.74) is 5.68. The Morgan fingerprint density at radius 2 is 1.60 bits per heavy atom. The minimum absolute atomic E-state index is 0. The number of piperidine rings is 1. The van der Waals surface area contributed by atoms with Gasteiger partial charge in [-0.05, 0) is 68.0 Å². The van der Waals surface area contributed by atoms with E-state index in [0.29, 0.717) is 6.54 Å². The Kier molecular flexibility index (Phi) is 9.47. The lowest BCUT2D eigenvalue weighted by atomic mass is 9.95. The molecule has 2 aromatic rings. The molecule has 1 atom stereocenters. The molecule has 2 aliphatic rings. The third-order valence-corrected chi connectivity index (χ3v) is 6.23. The van der Waals surface area contributed by atoms with Gasteiger partial charge in [-0.2, -0.15) is 0 Å². The Morgan fingerprint density at radius 3 is 2.37 bits per heavy atom. The summed E-state index contributed by atoms with van der Waals surface area (Å²) >= 11 is 0. The smallest absolute Gasteiger partial charge is 0.307 e. The predicted molar refractivity (Wildman–Crippen MR) is 127 cm³/mol. The first-order valence-electron chi connectivity index (χ1n) is 10.6. The summed E-state index contributed by atoms with van der Waals surface area (Å²) in [5.74, 6) is -0.831. The second-order valence-electron chi connectivity index (χ2n) is 8.15. The molecule has 2 aromatic carbocycles. The molecule has 0 unspecified atom stereocenters. The average Bonchev–Trinajstić information content (AvgIpc) is 2.71. The standard InChI is InChI=1S/C24H30N2O2.2ClH/c27-24(28)22-10-5-14-25(17-22)15-6-16-26-18-21-9-2-1-7-19(21)12-13-20-8-3-4-11-23(20)26;;/h1-4,7-9,11,22H,5-6,10,12-18H2,(H,27,28);2*1H/t22-;;/m1../s1. The highest BCUT2D eigenvalue weighted by Gasteiger charge is 2.25. The van der Waals surface area contributed by atoms with E-state index in [2.05, 4.69) is 58.3 Å². The normalized spacial score (nSPS) is 18.7. The highest BCUT2D eigenvalue weighted by Crippen LogP contribution is 2.28. The zero-order valence-electron chi connectivity index (χ0n) is 17.3. The largest absolute Gasteiger partial charge is 0.481 e. The molecular formula is C24H32Cl2N2O2. The van der Waals surface area contributed by atoms with Crippen molar-refractivity contribution in [3.05, 3.63) is 65.2 Å². The Labute approximate surface area is 192 Å². The maximum Gasteiger partial charge on any atom is 0.307 e. The maximum absolute atomic E-state index is 11.3. The summed E-state index contributed by atoms with van der Waals surface area (Å²) < 4.78 is 0. The third-order valence-electron chi connectivity index (χ3n) is 6.23. The molecule has 0 spiro atoms. The highest BCUT2D eigenvalue weighted by molar-refractivity contribution is 5.85. The van der Waals surface area contributed by atoms with Gasteiger partial charge in [-0.15, -0.1) is 24.8 Å². The van der Waals surface area contributed by atoms with E-state index in [1.807, 2.05) is 0 Å². The number of carboxylic acid groups (broad SMARTS) is 1. The summed E-state index contributed by atoms with van der Waals surface area (Å²) in [4.78, 5) is 16.2. The summed E-state index contributed by atoms with van der Waals surface area (Å²) in [6.07, 6.45) is 5.06. The van der Waals surface area contributed by atoms with Crippen molar-refractivity contribution in [1.82, 2.24) is 4.90 Å². The molecule has 0 aromatic heterocycles. The lowest BCUT2D eigenvalue weighted by Crippen LogP contribution is -2.40. The van der Waals surface area contributed by atoms with Crippen LogP contribution in [0.5, 0.6) is 0 Å². The van der Waals surface area contributed by atoms with Gasteiger partial charge in [0.25, 0.3) is 0 Å². The zero-order chi connectivity index (χ0) is 19.3. The van der Waals surface area contributed by atoms with Crippen molar-refractivity contribution in [2.24, 2.45) is 5.92 Å². The molecule has 0 aliphatic carbocycles. The Balaban J connectivity index is 0.00000160. The van der Waals surface area contributed by atoms with Crippen LogP contribution in [0.15, 0.2) is 48.5 Å². The number of likely N-dealkylation sites (tertiary alicyclic amines) is 1. The zero-order valence-corrected chi connectivity index (χ0v) is 19.0. The molecule has 0 saturated carbocycles. The van der Waals surface area contributed by atoms with Crippen molar-refractivity contribution in [3.63, 3.8) is 0 Å². The van der Waals surface area contributed by atoms with E-state index in [0.717, 1.165) is 58.3 Å². The number of hydrogen-bond acceptors (Lipinski definition) is 3. The molecule has 4 nitrogen and oxygen atoms in total. The van der Waals surface area contributed by atoms with Gasteiger partial charge in [-0.25, -0.2) is 0 Å². The SMILES string of the molecule is Cl.Cl.O=C(O)[C@@H]1CCCN(CCCN2Cc3ccccc3CCc3ccccc32)C1. The fraction of sp³-hybridized carbons (Fsp3) is 0.458. The molecule has 1 fully saturated rings. The molecule has 2 aliphatic heterocycles. The number of carbonyl (C=O) groups is 1. The van der Waals surface area contributed by atoms with Crippen molar-refractivity contribution in [1.29, 1.82) is 0 Å². The van der Waals surface area contributed by atoms with E-state index in [1.54, 1.807) is 0 Å². The third kappa shape index (κ3) is 5.90. The van der Waals surface area contributed by atoms with Gasteiger partial charge >= 0.3 is 5.97 Å². The van der Waals surface area contributed by atoms with Gasteiger partial charge in [0.05, 0.1) is 5.92 Å². The molecular weight excluding hydrogens is 419 g/mol. The fourth-order valence-corrected chi connectivity index (χ4v) is 4.69. The predicted octanol–water partition coefficient (Wildman–Crippen LogP) is 4.82. The van der Waals surface area contributed by atoms with Crippen LogP contribution >= 0.6 is 24.8 Å². The van der Waals surface area contributed by atoms with Crippen LogP contribution in [0.4, 0.5) is 5.69 Å². The second-order valence-corrected chi connectivity index (χ2v) is 8.15. The molecule has 30 heavy (non-hydrogen) atoms. The number of aliphatic carboxylic acids is 1. The second kappa shape index (κ2) is 11.6. The van der Waals surface area contributed by atoms with Crippen molar-refractivity contribution >= 4 is 36.5 Å². The molecule has 1 saturated heterocycles. The first kappa shape index (κ1) is 24.5. The van der Waals surface area contributed by atoms with Crippen LogP contribution in [0.2, 0.25) is 0 Å². The Hall–Kier alpha value is -1.75. The van der Waals surface area contributed by atoms with E-state index in [4.69, 9.17) is 0 Å². The van der Waals surface area contributed by atoms with Crippen LogP contribution in [0.25, 0.3) is 0 Å². The number of hydrogen-bond donors (Lipinski definition) is 1. The molecule has 6 heteroatoms. The summed E-state index contributed by atoms with van der Waals surface area (Å²) in [7, 11) is 0. The van der Waals surface area contributed by atoms with Gasteiger partial charge in [0.15, 0.2) is 0 Å². The molecule has 0 radical (unpaired) electrons. The van der Waals surface area contributed by atoms with Crippen molar-refractivity contribution in [2.75, 3.05) is 31.1 Å². The van der Waals surface area contributed by atoms with Gasteiger partial charge in [0.1, 0.15) is 0 Å². The van der Waals surface area contributed by atoms with E-state index in [-0.39, 0.29) is 30.7 Å². The number of para-hydroxylation sites is 1. The quantitative estimate of drug-likeness (QED) is 0.708. The van der Waals surface area contributed by atoms with E-state index in [1.165, 1.54) is 22.4 Å². The molecule has 4 rings (SSSR count). The van der Waals surface area contributed by atoms with Crippen molar-refractivity contribution < 1.29 is 9.90 Å². The summed E-state index contributed by atoms with van der Waals surface area (Å²) in [6.45, 7) is 4.66. The fourth-order valence-electron chi connectivity index (χ4n) is 4.69. The first-order valence-corrected chi connectivity index (χ1v) is 10.6. The van der Waals surface area contributed by atoms with Gasteiger partial charge in [-0.1, -0.05) is 42.5 Å². The van der Waals surface area contributed by atoms with Crippen LogP contribution < -0.4 is 4.90 Å². The summed E-state index contributed by atoms with van der Waals surface area (Å²) in [5, 5.41) is 9.31. The molecule has 1 N–H and O–H groups in total. The molecule has 164 valence electrons. The first-order chi connectivity index (χ1) is 13.7. The number of rotatable bonds is 5. The Morgan fingerprint density at radius 1 is 0.933 bits per heavy atom. The average molecular weight is 451 g/mol. The topological polar surface area (TPSA) is 43.8 Å². The van der Waals surface area contributed by atoms with Gasteiger partial charge in [0, 0.05) is 25.3 Å². The number of benzene rings is 2. The molecule has 0 bridgehead atoms. The number of aryl methyl sites for hydroxylation is 2. The van der Waals surface area contributed by atoms with E-state index in [9.17, 15) is 9.90 Å². The highest BCUT2D eigenvalue weighted by atomic mass is 35.5. The lowest BCUT2D eigenvalue weighted by molar-refractivity contribution is -0.143. The van der Waals surface area contributed by atoms with Gasteiger partial charge in [-0.3, -0.25) is 4.79 Å². The summed E-state index contributed by atoms with van der Waals surface area (Å²) in [6, 6.07) is 17.6. The maximum atomic E-state index is 11.3.